The molecule has 2 N–H and O–H groups in total. The number of rotatable bonds is 10. The lowest BCUT2D eigenvalue weighted by Gasteiger charge is -2.23. The number of benzene rings is 2. The third-order valence-corrected chi connectivity index (χ3v) is 7.38. The topological polar surface area (TPSA) is 74.6 Å². The summed E-state index contributed by atoms with van der Waals surface area (Å²) in [5.41, 5.74) is -0.479. The van der Waals surface area contributed by atoms with Gasteiger partial charge in [0.2, 0.25) is 0 Å². The lowest BCUT2D eigenvalue weighted by atomic mass is 9.97. The predicted octanol–water partition coefficient (Wildman–Crippen LogP) is 4.13. The molecule has 0 amide bonds. The van der Waals surface area contributed by atoms with Crippen molar-refractivity contribution in [3.05, 3.63) is 66.2 Å². The average molecular weight is 378 g/mol. The van der Waals surface area contributed by atoms with E-state index in [-0.39, 0.29) is 12.6 Å². The average Bonchev–Trinajstić information content (AvgIpc) is 2.61. The first-order valence-corrected chi connectivity index (χ1v) is 11.0. The molecule has 0 fully saturated rings. The molecular weight excluding hydrogens is 355 g/mol. The third kappa shape index (κ3) is 6.69. The van der Waals surface area contributed by atoms with Gasteiger partial charge < -0.3 is 14.8 Å². The molecule has 2 atom stereocenters. The van der Waals surface area contributed by atoms with Crippen LogP contribution in [0.3, 0.4) is 0 Å². The maximum atomic E-state index is 12.3. The molecule has 0 aliphatic rings. The van der Waals surface area contributed by atoms with E-state index in [2.05, 4.69) is 0 Å². The van der Waals surface area contributed by atoms with Gasteiger partial charge in [-0.1, -0.05) is 48.5 Å². The molecule has 2 rings (SSSR count). The second-order valence-electron chi connectivity index (χ2n) is 5.99. The second kappa shape index (κ2) is 9.81. The molecule has 2 aromatic rings. The fourth-order valence-corrected chi connectivity index (χ4v) is 5.61. The summed E-state index contributed by atoms with van der Waals surface area (Å²) in [5, 5.41) is 19.8. The van der Waals surface area contributed by atoms with Crippen LogP contribution in [0.1, 0.15) is 18.4 Å². The lowest BCUT2D eigenvalue weighted by molar-refractivity contribution is -0.156. The highest BCUT2D eigenvalue weighted by Gasteiger charge is 2.37. The van der Waals surface area contributed by atoms with Crippen LogP contribution in [0.25, 0.3) is 0 Å². The Morgan fingerprint density at radius 3 is 2.24 bits per heavy atom. The van der Waals surface area contributed by atoms with Gasteiger partial charge in [-0.2, -0.15) is 0 Å². The number of thioether (sulfide) groups is 1. The van der Waals surface area contributed by atoms with Gasteiger partial charge >= 0.3 is 5.97 Å². The summed E-state index contributed by atoms with van der Waals surface area (Å²) in [6, 6.07) is 19.3. The number of aliphatic hydroxyl groups is 1. The van der Waals surface area contributed by atoms with Crippen molar-refractivity contribution in [2.75, 3.05) is 11.7 Å². The van der Waals surface area contributed by atoms with Crippen LogP contribution in [0.2, 0.25) is 0 Å². The fourth-order valence-electron chi connectivity index (χ4n) is 2.56. The van der Waals surface area contributed by atoms with Gasteiger partial charge in [-0.05, 0) is 37.0 Å². The van der Waals surface area contributed by atoms with Gasteiger partial charge in [-0.15, -0.1) is 11.8 Å². The molecule has 2 aromatic carbocycles. The van der Waals surface area contributed by atoms with E-state index in [9.17, 15) is 19.6 Å². The Kier molecular flexibility index (Phi) is 7.76. The monoisotopic (exact) mass is 378 g/mol. The van der Waals surface area contributed by atoms with E-state index in [4.69, 9.17) is 0 Å². The Balaban J connectivity index is 1.85. The second-order valence-corrected chi connectivity index (χ2v) is 9.34. The first-order valence-electron chi connectivity index (χ1n) is 8.19. The largest absolute Gasteiger partial charge is 0.479 e. The quantitative estimate of drug-likeness (QED) is 0.480. The number of carbonyl (C=O) groups is 1. The Bertz CT molecular complexity index is 693. The maximum Gasteiger partial charge on any atom is 0.336 e. The minimum absolute atomic E-state index is 0.101. The van der Waals surface area contributed by atoms with Gasteiger partial charge in [0.25, 0.3) is 0 Å². The van der Waals surface area contributed by atoms with Crippen LogP contribution in [-0.4, -0.2) is 33.4 Å². The maximum absolute atomic E-state index is 12.3. The molecule has 6 heteroatoms. The summed E-state index contributed by atoms with van der Waals surface area (Å²) in [6.45, 7) is 0. The number of carboxylic acids is 1. The van der Waals surface area contributed by atoms with Gasteiger partial charge in [-0.3, -0.25) is 0 Å². The van der Waals surface area contributed by atoms with Crippen molar-refractivity contribution in [1.82, 2.24) is 0 Å². The van der Waals surface area contributed by atoms with Crippen LogP contribution in [0.15, 0.2) is 65.6 Å². The molecule has 25 heavy (non-hydrogen) atoms. The van der Waals surface area contributed by atoms with Crippen LogP contribution in [0.4, 0.5) is 0 Å². The summed E-state index contributed by atoms with van der Waals surface area (Å²) in [4.78, 5) is 12.5. The standard InChI is InChI=1S/C19H23O4PS/c20-18(21)19(22,13-7-10-16-8-3-1-4-9-16)14-24(23)15-25-17-11-5-2-6-12-17/h1-6,8-9,11-12,22,24H,7,10,13-15H2,(H,20,21). The molecule has 0 saturated carbocycles. The molecule has 0 bridgehead atoms. The highest BCUT2D eigenvalue weighted by molar-refractivity contribution is 8.03. The molecule has 4 nitrogen and oxygen atoms in total. The Morgan fingerprint density at radius 2 is 1.64 bits per heavy atom. The molecule has 0 radical (unpaired) electrons. The van der Waals surface area contributed by atoms with E-state index in [1.807, 2.05) is 60.7 Å². The molecule has 0 saturated heterocycles. The highest BCUT2D eigenvalue weighted by Crippen LogP contribution is 2.36. The molecule has 134 valence electrons. The van der Waals surface area contributed by atoms with Crippen molar-refractivity contribution < 1.29 is 19.6 Å². The van der Waals surface area contributed by atoms with Crippen LogP contribution in [0.5, 0.6) is 0 Å². The van der Waals surface area contributed by atoms with Gasteiger partial charge in [0.15, 0.2) is 5.60 Å². The normalized spacial score (nSPS) is 14.6. The zero-order valence-corrected chi connectivity index (χ0v) is 15.7. The number of hydrogen-bond donors (Lipinski definition) is 2. The summed E-state index contributed by atoms with van der Waals surface area (Å²) in [5.74, 6) is -1.29. The summed E-state index contributed by atoms with van der Waals surface area (Å²) in [6.07, 6.45) is 1.15. The fraction of sp³-hybridized carbons (Fsp3) is 0.316. The van der Waals surface area contributed by atoms with Gasteiger partial charge in [0.1, 0.15) is 0 Å². The summed E-state index contributed by atoms with van der Waals surface area (Å²) in [7, 11) is -2.20. The highest BCUT2D eigenvalue weighted by atomic mass is 32.2. The molecule has 0 heterocycles. The Hall–Kier alpha value is -1.55. The van der Waals surface area contributed by atoms with Crippen molar-refractivity contribution in [2.45, 2.75) is 29.8 Å². The molecule has 0 aliphatic heterocycles. The Morgan fingerprint density at radius 1 is 1.04 bits per heavy atom. The minimum Gasteiger partial charge on any atom is -0.479 e. The lowest BCUT2D eigenvalue weighted by Crippen LogP contribution is -2.41. The third-order valence-electron chi connectivity index (χ3n) is 3.93. The molecule has 0 spiro atoms. The van der Waals surface area contributed by atoms with Gasteiger partial charge in [0.05, 0.1) is 7.80 Å². The van der Waals surface area contributed by atoms with Crippen LogP contribution in [-0.2, 0) is 15.8 Å². The van der Waals surface area contributed by atoms with E-state index in [0.717, 1.165) is 10.5 Å². The van der Waals surface area contributed by atoms with Crippen molar-refractivity contribution in [3.8, 4) is 0 Å². The van der Waals surface area contributed by atoms with Crippen LogP contribution in [0, 0.1) is 0 Å². The van der Waals surface area contributed by atoms with E-state index >= 15 is 0 Å². The van der Waals surface area contributed by atoms with Crippen LogP contribution < -0.4 is 0 Å². The summed E-state index contributed by atoms with van der Waals surface area (Å²) < 4.78 is 12.3. The van der Waals surface area contributed by atoms with Gasteiger partial charge in [0, 0.05) is 16.6 Å². The molecule has 0 aliphatic carbocycles. The first-order chi connectivity index (χ1) is 12.0. The van der Waals surface area contributed by atoms with E-state index < -0.39 is 19.4 Å². The molecular formula is C19H23O4PS. The first kappa shape index (κ1) is 19.8. The number of aryl methyl sites for hydroxylation is 1. The molecule has 0 aromatic heterocycles. The SMILES string of the molecule is O=C(O)C(O)(CCCc1ccccc1)C[PH](=O)CSc1ccccc1. The zero-order valence-electron chi connectivity index (χ0n) is 13.9. The molecule has 2 unspecified atom stereocenters. The smallest absolute Gasteiger partial charge is 0.336 e. The van der Waals surface area contributed by atoms with Crippen molar-refractivity contribution in [1.29, 1.82) is 0 Å². The van der Waals surface area contributed by atoms with Gasteiger partial charge in [-0.25, -0.2) is 4.79 Å². The predicted molar refractivity (Wildman–Crippen MR) is 103 cm³/mol. The van der Waals surface area contributed by atoms with Crippen LogP contribution >= 0.6 is 19.6 Å². The minimum atomic E-state index is -2.20. The number of carboxylic acid groups (broad SMARTS) is 1. The van der Waals surface area contributed by atoms with E-state index in [0.29, 0.717) is 18.3 Å². The summed E-state index contributed by atoms with van der Waals surface area (Å²) >= 11 is 1.43. The van der Waals surface area contributed by atoms with Crippen molar-refractivity contribution in [2.24, 2.45) is 0 Å². The zero-order chi connectivity index (χ0) is 18.1. The van der Waals surface area contributed by atoms with Crippen molar-refractivity contribution in [3.63, 3.8) is 0 Å². The van der Waals surface area contributed by atoms with E-state index in [1.165, 1.54) is 11.8 Å². The number of aliphatic carboxylic acids is 1. The van der Waals surface area contributed by atoms with Crippen molar-refractivity contribution >= 4 is 25.5 Å². The number of hydrogen-bond acceptors (Lipinski definition) is 4. The Labute approximate surface area is 153 Å². The van der Waals surface area contributed by atoms with E-state index in [1.54, 1.807) is 0 Å².